The second-order valence-corrected chi connectivity index (χ2v) is 5.38. The standard InChI is InChI=1S/C13H24N4O2/c14-5-4-12(18)16-9-11-3-1-2-6-17(11)13(19)10-7-15-8-10/h10-11,15H,1-9,14H2,(H,16,18). The molecule has 4 N–H and O–H groups in total. The van der Waals surface area contributed by atoms with Crippen LogP contribution >= 0.6 is 0 Å². The summed E-state index contributed by atoms with van der Waals surface area (Å²) in [4.78, 5) is 25.7. The average molecular weight is 268 g/mol. The molecule has 2 fully saturated rings. The van der Waals surface area contributed by atoms with E-state index in [-0.39, 0.29) is 23.8 Å². The van der Waals surface area contributed by atoms with Gasteiger partial charge in [-0.3, -0.25) is 9.59 Å². The van der Waals surface area contributed by atoms with Gasteiger partial charge in [0.1, 0.15) is 0 Å². The molecule has 6 nitrogen and oxygen atoms in total. The summed E-state index contributed by atoms with van der Waals surface area (Å²) in [7, 11) is 0. The van der Waals surface area contributed by atoms with Crippen LogP contribution in [0.3, 0.4) is 0 Å². The van der Waals surface area contributed by atoms with Crippen molar-refractivity contribution in [1.29, 1.82) is 0 Å². The average Bonchev–Trinajstić information content (AvgIpc) is 2.35. The number of carbonyl (C=O) groups is 2. The fourth-order valence-electron chi connectivity index (χ4n) is 2.65. The second kappa shape index (κ2) is 6.86. The first-order chi connectivity index (χ1) is 9.22. The fourth-order valence-corrected chi connectivity index (χ4v) is 2.65. The zero-order valence-electron chi connectivity index (χ0n) is 11.4. The molecule has 2 aliphatic rings. The third-order valence-corrected chi connectivity index (χ3v) is 3.95. The van der Waals surface area contributed by atoms with Gasteiger partial charge in [-0.1, -0.05) is 0 Å². The molecule has 2 aliphatic heterocycles. The minimum Gasteiger partial charge on any atom is -0.354 e. The van der Waals surface area contributed by atoms with Crippen molar-refractivity contribution < 1.29 is 9.59 Å². The van der Waals surface area contributed by atoms with Gasteiger partial charge in [-0.2, -0.15) is 0 Å². The summed E-state index contributed by atoms with van der Waals surface area (Å²) in [5, 5.41) is 6.02. The summed E-state index contributed by atoms with van der Waals surface area (Å²) in [6, 6.07) is 0.156. The molecule has 6 heteroatoms. The zero-order valence-corrected chi connectivity index (χ0v) is 11.4. The van der Waals surface area contributed by atoms with Gasteiger partial charge >= 0.3 is 0 Å². The maximum absolute atomic E-state index is 12.3. The van der Waals surface area contributed by atoms with Crippen molar-refractivity contribution in [2.75, 3.05) is 32.7 Å². The summed E-state index contributed by atoms with van der Waals surface area (Å²) >= 11 is 0. The van der Waals surface area contributed by atoms with Gasteiger partial charge in [-0.05, 0) is 19.3 Å². The molecule has 0 aromatic rings. The molecule has 2 saturated heterocycles. The lowest BCUT2D eigenvalue weighted by molar-refractivity contribution is -0.141. The van der Waals surface area contributed by atoms with Crippen LogP contribution < -0.4 is 16.4 Å². The maximum atomic E-state index is 12.3. The van der Waals surface area contributed by atoms with Crippen molar-refractivity contribution in [2.24, 2.45) is 11.7 Å². The molecule has 1 atom stereocenters. The number of likely N-dealkylation sites (tertiary alicyclic amines) is 1. The smallest absolute Gasteiger partial charge is 0.228 e. The molecule has 2 rings (SSSR count). The predicted molar refractivity (Wildman–Crippen MR) is 72.4 cm³/mol. The lowest BCUT2D eigenvalue weighted by atomic mass is 9.96. The summed E-state index contributed by atoms with van der Waals surface area (Å²) in [6.45, 7) is 3.34. The van der Waals surface area contributed by atoms with E-state index in [1.165, 1.54) is 0 Å². The van der Waals surface area contributed by atoms with Gasteiger partial charge in [0.2, 0.25) is 11.8 Å². The highest BCUT2D eigenvalue weighted by molar-refractivity contribution is 5.81. The van der Waals surface area contributed by atoms with Gasteiger partial charge in [0.25, 0.3) is 0 Å². The van der Waals surface area contributed by atoms with E-state index in [1.807, 2.05) is 4.90 Å². The molecule has 0 aromatic carbocycles. The summed E-state index contributed by atoms with van der Waals surface area (Å²) in [5.41, 5.74) is 5.35. The monoisotopic (exact) mass is 268 g/mol. The Bertz CT molecular complexity index is 331. The van der Waals surface area contributed by atoms with E-state index in [9.17, 15) is 9.59 Å². The lowest BCUT2D eigenvalue weighted by Crippen LogP contribution is -2.57. The molecule has 0 aromatic heterocycles. The van der Waals surface area contributed by atoms with E-state index in [0.717, 1.165) is 38.9 Å². The number of nitrogens with two attached hydrogens (primary N) is 1. The van der Waals surface area contributed by atoms with E-state index in [1.54, 1.807) is 0 Å². The van der Waals surface area contributed by atoms with Crippen molar-refractivity contribution in [1.82, 2.24) is 15.5 Å². The van der Waals surface area contributed by atoms with Crippen LogP contribution in [0.25, 0.3) is 0 Å². The quantitative estimate of drug-likeness (QED) is 0.600. The maximum Gasteiger partial charge on any atom is 0.228 e. The molecule has 108 valence electrons. The number of hydrogen-bond donors (Lipinski definition) is 3. The molecule has 0 bridgehead atoms. The Labute approximate surface area is 114 Å². The highest BCUT2D eigenvalue weighted by atomic mass is 16.2. The van der Waals surface area contributed by atoms with Crippen LogP contribution in [0.5, 0.6) is 0 Å². The Hall–Kier alpha value is -1.14. The van der Waals surface area contributed by atoms with Crippen molar-refractivity contribution in [3.05, 3.63) is 0 Å². The van der Waals surface area contributed by atoms with E-state index in [2.05, 4.69) is 10.6 Å². The van der Waals surface area contributed by atoms with Crippen molar-refractivity contribution in [3.8, 4) is 0 Å². The molecular formula is C13H24N4O2. The Balaban J connectivity index is 1.84. The topological polar surface area (TPSA) is 87.5 Å². The molecule has 19 heavy (non-hydrogen) atoms. The number of piperidine rings is 1. The first-order valence-electron chi connectivity index (χ1n) is 7.20. The minimum absolute atomic E-state index is 0.0224. The van der Waals surface area contributed by atoms with Gasteiger partial charge in [-0.15, -0.1) is 0 Å². The normalized spacial score (nSPS) is 23.8. The SMILES string of the molecule is NCCC(=O)NCC1CCCCN1C(=O)C1CNC1. The Kier molecular flexibility index (Phi) is 5.15. The van der Waals surface area contributed by atoms with Crippen molar-refractivity contribution in [2.45, 2.75) is 31.7 Å². The third kappa shape index (κ3) is 3.67. The molecule has 0 spiro atoms. The lowest BCUT2D eigenvalue weighted by Gasteiger charge is -2.40. The highest BCUT2D eigenvalue weighted by Gasteiger charge is 2.34. The Morgan fingerprint density at radius 2 is 2.11 bits per heavy atom. The zero-order chi connectivity index (χ0) is 13.7. The van der Waals surface area contributed by atoms with Crippen LogP contribution in [-0.2, 0) is 9.59 Å². The van der Waals surface area contributed by atoms with Gasteiger partial charge in [-0.25, -0.2) is 0 Å². The minimum atomic E-state index is -0.0224. The first-order valence-corrected chi connectivity index (χ1v) is 7.20. The van der Waals surface area contributed by atoms with E-state index in [4.69, 9.17) is 5.73 Å². The fraction of sp³-hybridized carbons (Fsp3) is 0.846. The van der Waals surface area contributed by atoms with Crippen LogP contribution in [0, 0.1) is 5.92 Å². The van der Waals surface area contributed by atoms with Gasteiger partial charge in [0.05, 0.1) is 5.92 Å². The molecule has 2 heterocycles. The van der Waals surface area contributed by atoms with Crippen LogP contribution in [-0.4, -0.2) is 55.5 Å². The summed E-state index contributed by atoms with van der Waals surface area (Å²) in [6.07, 6.45) is 3.53. The molecule has 0 saturated carbocycles. The Morgan fingerprint density at radius 1 is 1.32 bits per heavy atom. The molecule has 2 amide bonds. The van der Waals surface area contributed by atoms with Gasteiger partial charge < -0.3 is 21.3 Å². The van der Waals surface area contributed by atoms with Gasteiger partial charge in [0.15, 0.2) is 0 Å². The van der Waals surface area contributed by atoms with Crippen molar-refractivity contribution in [3.63, 3.8) is 0 Å². The highest BCUT2D eigenvalue weighted by Crippen LogP contribution is 2.20. The predicted octanol–water partition coefficient (Wildman–Crippen LogP) is -0.948. The van der Waals surface area contributed by atoms with E-state index >= 15 is 0 Å². The molecule has 1 unspecified atom stereocenters. The first kappa shape index (κ1) is 14.3. The summed E-state index contributed by atoms with van der Waals surface area (Å²) in [5.74, 6) is 0.364. The van der Waals surface area contributed by atoms with Crippen LogP contribution in [0.1, 0.15) is 25.7 Å². The van der Waals surface area contributed by atoms with E-state index in [0.29, 0.717) is 19.5 Å². The van der Waals surface area contributed by atoms with Crippen LogP contribution in [0.15, 0.2) is 0 Å². The van der Waals surface area contributed by atoms with Crippen LogP contribution in [0.2, 0.25) is 0 Å². The van der Waals surface area contributed by atoms with Gasteiger partial charge in [0, 0.05) is 45.2 Å². The number of nitrogens with zero attached hydrogens (tertiary/aromatic N) is 1. The number of hydrogen-bond acceptors (Lipinski definition) is 4. The molecule has 0 aliphatic carbocycles. The third-order valence-electron chi connectivity index (χ3n) is 3.95. The number of rotatable bonds is 5. The second-order valence-electron chi connectivity index (χ2n) is 5.38. The summed E-state index contributed by atoms with van der Waals surface area (Å²) < 4.78 is 0. The Morgan fingerprint density at radius 3 is 2.74 bits per heavy atom. The number of nitrogens with one attached hydrogen (secondary N) is 2. The molecular weight excluding hydrogens is 244 g/mol. The number of amides is 2. The largest absolute Gasteiger partial charge is 0.354 e. The van der Waals surface area contributed by atoms with E-state index < -0.39 is 0 Å². The van der Waals surface area contributed by atoms with Crippen molar-refractivity contribution >= 4 is 11.8 Å². The number of carbonyl (C=O) groups excluding carboxylic acids is 2. The van der Waals surface area contributed by atoms with Crippen LogP contribution in [0.4, 0.5) is 0 Å². The molecule has 0 radical (unpaired) electrons.